The molecule has 2 saturated heterocycles. The van der Waals surface area contributed by atoms with Gasteiger partial charge in [0, 0.05) is 30.9 Å². The first-order valence-corrected chi connectivity index (χ1v) is 13.1. The number of carbonyl (C=O) groups is 2. The highest BCUT2D eigenvalue weighted by Gasteiger charge is 2.38. The lowest BCUT2D eigenvalue weighted by atomic mass is 10.0. The number of nitrogens with one attached hydrogen (secondary N) is 1. The van der Waals surface area contributed by atoms with Crippen LogP contribution in [0.5, 0.6) is 17.2 Å². The van der Waals surface area contributed by atoms with E-state index in [1.807, 2.05) is 48.5 Å². The van der Waals surface area contributed by atoms with Crippen molar-refractivity contribution in [3.63, 3.8) is 0 Å². The van der Waals surface area contributed by atoms with Crippen molar-refractivity contribution in [2.45, 2.75) is 56.8 Å². The van der Waals surface area contributed by atoms with Gasteiger partial charge in [0.05, 0.1) is 19.8 Å². The monoisotopic (exact) mass is 509 g/mol. The fourth-order valence-electron chi connectivity index (χ4n) is 5.25. The highest BCUT2D eigenvalue weighted by Crippen LogP contribution is 2.34. The molecule has 0 spiro atoms. The lowest BCUT2D eigenvalue weighted by Gasteiger charge is -2.35. The first-order chi connectivity index (χ1) is 18.1. The van der Waals surface area contributed by atoms with E-state index in [0.29, 0.717) is 56.3 Å². The molecule has 9 nitrogen and oxygen atoms in total. The Kier molecular flexibility index (Phi) is 7.87. The molecule has 1 unspecified atom stereocenters. The molecule has 2 aromatic carbocycles. The number of rotatable bonds is 8. The van der Waals surface area contributed by atoms with Crippen LogP contribution in [0.15, 0.2) is 48.5 Å². The average Bonchev–Trinajstić information content (AvgIpc) is 3.58. The second kappa shape index (κ2) is 11.6. The largest absolute Gasteiger partial charge is 0.493 e. The number of piperidine rings is 1. The number of amides is 3. The zero-order valence-electron chi connectivity index (χ0n) is 21.3. The number of likely N-dealkylation sites (tertiary alicyclic amines) is 1. The Labute approximate surface area is 217 Å². The Morgan fingerprint density at radius 3 is 2.51 bits per heavy atom. The summed E-state index contributed by atoms with van der Waals surface area (Å²) in [5, 5.41) is 2.99. The summed E-state index contributed by atoms with van der Waals surface area (Å²) in [6.07, 6.45) is 5.43. The van der Waals surface area contributed by atoms with Gasteiger partial charge in [-0.05, 0) is 62.8 Å². The molecular weight excluding hydrogens is 474 g/mol. The number of hydrogen-bond acceptors (Lipinski definition) is 6. The van der Waals surface area contributed by atoms with Gasteiger partial charge in [-0.3, -0.25) is 0 Å². The Morgan fingerprint density at radius 1 is 1.03 bits per heavy atom. The number of benzene rings is 2. The molecule has 1 saturated carbocycles. The number of nitrogens with zero attached hydrogens (tertiary/aromatic N) is 2. The molecule has 3 fully saturated rings. The molecule has 198 valence electrons. The number of cyclic esters (lactones) is 1. The highest BCUT2D eigenvalue weighted by atomic mass is 16.6. The molecule has 0 aromatic heterocycles. The Bertz CT molecular complexity index is 1070. The second-order valence-electron chi connectivity index (χ2n) is 9.82. The zero-order chi connectivity index (χ0) is 25.6. The fourth-order valence-corrected chi connectivity index (χ4v) is 5.25. The minimum Gasteiger partial charge on any atom is -0.493 e. The second-order valence-corrected chi connectivity index (χ2v) is 9.82. The molecule has 1 N–H and O–H groups in total. The minimum absolute atomic E-state index is 0.0469. The average molecular weight is 510 g/mol. The van der Waals surface area contributed by atoms with Crippen molar-refractivity contribution in [2.75, 3.05) is 38.7 Å². The number of urea groups is 1. The molecule has 2 heterocycles. The van der Waals surface area contributed by atoms with Gasteiger partial charge in [-0.1, -0.05) is 18.2 Å². The number of ether oxygens (including phenoxy) is 4. The van der Waals surface area contributed by atoms with Crippen LogP contribution in [0.1, 0.15) is 38.5 Å². The number of methoxy groups -OCH3 is 1. The van der Waals surface area contributed by atoms with Crippen molar-refractivity contribution in [1.82, 2.24) is 9.80 Å². The first-order valence-electron chi connectivity index (χ1n) is 13.1. The van der Waals surface area contributed by atoms with E-state index in [1.54, 1.807) is 16.9 Å². The van der Waals surface area contributed by atoms with Crippen LogP contribution in [-0.2, 0) is 4.74 Å². The Balaban J connectivity index is 1.10. The molecule has 0 radical (unpaired) electrons. The van der Waals surface area contributed by atoms with Gasteiger partial charge < -0.3 is 34.1 Å². The normalized spacial score (nSPS) is 20.6. The van der Waals surface area contributed by atoms with E-state index in [2.05, 4.69) is 5.32 Å². The van der Waals surface area contributed by atoms with E-state index in [-0.39, 0.29) is 30.4 Å². The van der Waals surface area contributed by atoms with E-state index in [9.17, 15) is 9.59 Å². The summed E-state index contributed by atoms with van der Waals surface area (Å²) in [4.78, 5) is 29.0. The van der Waals surface area contributed by atoms with Crippen LogP contribution in [0.4, 0.5) is 15.3 Å². The molecule has 0 bridgehead atoms. The quantitative estimate of drug-likeness (QED) is 0.544. The summed E-state index contributed by atoms with van der Waals surface area (Å²) in [7, 11) is 1.62. The smallest absolute Gasteiger partial charge is 0.410 e. The molecule has 1 atom stereocenters. The third kappa shape index (κ3) is 6.21. The Morgan fingerprint density at radius 2 is 1.78 bits per heavy atom. The van der Waals surface area contributed by atoms with E-state index >= 15 is 0 Å². The van der Waals surface area contributed by atoms with Crippen LogP contribution in [0, 0.1) is 0 Å². The van der Waals surface area contributed by atoms with Gasteiger partial charge >= 0.3 is 12.1 Å². The number of hydrogen-bond donors (Lipinski definition) is 1. The summed E-state index contributed by atoms with van der Waals surface area (Å²) in [5.74, 6) is 2.07. The van der Waals surface area contributed by atoms with E-state index in [0.717, 1.165) is 18.6 Å². The molecular formula is C28H35N3O6. The third-order valence-corrected chi connectivity index (χ3v) is 7.28. The molecule has 2 aromatic rings. The summed E-state index contributed by atoms with van der Waals surface area (Å²) in [5.41, 5.74) is 0.672. The summed E-state index contributed by atoms with van der Waals surface area (Å²) in [6, 6.07) is 14.9. The first kappa shape index (κ1) is 25.0. The van der Waals surface area contributed by atoms with Crippen LogP contribution < -0.4 is 19.5 Å². The van der Waals surface area contributed by atoms with Gasteiger partial charge in [-0.2, -0.15) is 0 Å². The van der Waals surface area contributed by atoms with Crippen LogP contribution in [0.2, 0.25) is 0 Å². The maximum Gasteiger partial charge on any atom is 0.410 e. The van der Waals surface area contributed by atoms with Crippen LogP contribution in [0.25, 0.3) is 0 Å². The number of anilines is 1. The summed E-state index contributed by atoms with van der Waals surface area (Å²) < 4.78 is 22.9. The number of carbonyl (C=O) groups excluding carboxylic acids is 2. The van der Waals surface area contributed by atoms with E-state index < -0.39 is 0 Å². The van der Waals surface area contributed by atoms with Crippen LogP contribution in [0.3, 0.4) is 0 Å². The van der Waals surface area contributed by atoms with E-state index in [1.165, 1.54) is 12.8 Å². The Hall–Kier alpha value is -3.62. The highest BCUT2D eigenvalue weighted by molar-refractivity contribution is 5.89. The van der Waals surface area contributed by atoms with Crippen molar-refractivity contribution in [3.05, 3.63) is 48.5 Å². The molecule has 3 aliphatic rings. The van der Waals surface area contributed by atoms with Gasteiger partial charge in [0.1, 0.15) is 12.4 Å². The van der Waals surface area contributed by atoms with Gasteiger partial charge in [-0.25, -0.2) is 9.59 Å². The lowest BCUT2D eigenvalue weighted by Crippen LogP contribution is -2.48. The zero-order valence-corrected chi connectivity index (χ0v) is 21.3. The number of para-hydroxylation sites is 1. The summed E-state index contributed by atoms with van der Waals surface area (Å²) >= 11 is 0. The molecule has 2 aliphatic heterocycles. The lowest BCUT2D eigenvalue weighted by molar-refractivity contribution is 0.0991. The van der Waals surface area contributed by atoms with Gasteiger partial charge in [0.2, 0.25) is 0 Å². The van der Waals surface area contributed by atoms with Crippen molar-refractivity contribution < 1.29 is 28.5 Å². The maximum atomic E-state index is 13.0. The van der Waals surface area contributed by atoms with Gasteiger partial charge in [0.25, 0.3) is 0 Å². The van der Waals surface area contributed by atoms with Crippen LogP contribution >= 0.6 is 0 Å². The fraction of sp³-hybridized carbons (Fsp3) is 0.500. The van der Waals surface area contributed by atoms with Gasteiger partial charge in [0.15, 0.2) is 17.6 Å². The third-order valence-electron chi connectivity index (χ3n) is 7.28. The standard InChI is InChI=1S/C28H35N3O6/c1-34-25-12-11-20(17-26(25)36-23-9-5-6-10-23)29-27(32)30-15-13-21(14-16-30)31-18-24(37-28(31)33)19-35-22-7-3-2-4-8-22/h2-4,7-8,11-12,17,21,23-24H,5-6,9-10,13-16,18-19H2,1H3,(H,29,32). The van der Waals surface area contributed by atoms with Crippen molar-refractivity contribution >= 4 is 17.8 Å². The van der Waals surface area contributed by atoms with Crippen LogP contribution in [-0.4, -0.2) is 73.5 Å². The predicted molar refractivity (Wildman–Crippen MR) is 138 cm³/mol. The van der Waals surface area contributed by atoms with Crippen molar-refractivity contribution in [3.8, 4) is 17.2 Å². The van der Waals surface area contributed by atoms with Crippen molar-refractivity contribution in [2.24, 2.45) is 0 Å². The van der Waals surface area contributed by atoms with Gasteiger partial charge in [-0.15, -0.1) is 0 Å². The molecule has 9 heteroatoms. The SMILES string of the molecule is COc1ccc(NC(=O)N2CCC(N3CC(COc4ccccc4)OC3=O)CC2)cc1OC1CCCC1. The molecule has 5 rings (SSSR count). The molecule has 3 amide bonds. The molecule has 1 aliphatic carbocycles. The minimum atomic E-state index is -0.308. The molecule has 37 heavy (non-hydrogen) atoms. The predicted octanol–water partition coefficient (Wildman–Crippen LogP) is 4.91. The maximum absolute atomic E-state index is 13.0. The van der Waals surface area contributed by atoms with E-state index in [4.69, 9.17) is 18.9 Å². The topological polar surface area (TPSA) is 89.6 Å². The summed E-state index contributed by atoms with van der Waals surface area (Å²) in [6.45, 7) is 1.94. The van der Waals surface area contributed by atoms with Crippen molar-refractivity contribution in [1.29, 1.82) is 0 Å².